The first-order valence-electron chi connectivity index (χ1n) is 8.42. The van der Waals surface area contributed by atoms with Gasteiger partial charge in [-0.25, -0.2) is 9.78 Å². The van der Waals surface area contributed by atoms with Crippen LogP contribution in [0.3, 0.4) is 0 Å². The molecule has 7 heteroatoms. The van der Waals surface area contributed by atoms with E-state index in [1.165, 1.54) is 11.3 Å². The quantitative estimate of drug-likeness (QED) is 0.430. The Morgan fingerprint density at radius 1 is 1.18 bits per heavy atom. The maximum absolute atomic E-state index is 12.7. The Labute approximate surface area is 169 Å². The van der Waals surface area contributed by atoms with Gasteiger partial charge in [0.15, 0.2) is 5.58 Å². The number of carboxylic acids is 1. The topological polar surface area (TPSA) is 80.4 Å². The van der Waals surface area contributed by atoms with Crippen molar-refractivity contribution in [3.8, 4) is 10.4 Å². The van der Waals surface area contributed by atoms with E-state index in [0.717, 1.165) is 11.1 Å². The third-order valence-corrected chi connectivity index (χ3v) is 5.65. The van der Waals surface area contributed by atoms with Crippen LogP contribution >= 0.6 is 22.9 Å². The van der Waals surface area contributed by atoms with Crippen molar-refractivity contribution in [2.45, 2.75) is 13.3 Å². The van der Waals surface area contributed by atoms with E-state index in [1.54, 1.807) is 35.7 Å². The number of hydrogen-bond acceptors (Lipinski definition) is 5. The summed E-state index contributed by atoms with van der Waals surface area (Å²) in [6, 6.07) is 12.4. The van der Waals surface area contributed by atoms with E-state index in [9.17, 15) is 14.7 Å². The molecule has 4 aromatic rings. The zero-order chi connectivity index (χ0) is 19.8. The fourth-order valence-corrected chi connectivity index (χ4v) is 4.17. The number of Topliss-reactive ketones (excluding diaryl/α,β-unsaturated/α-hetero) is 1. The minimum Gasteiger partial charge on any atom is -0.478 e. The predicted octanol–water partition coefficient (Wildman–Crippen LogP) is 5.64. The number of aryl methyl sites for hydroxylation is 1. The molecule has 0 atom stereocenters. The number of fused-ring (bicyclic) bond motifs is 1. The second-order valence-corrected chi connectivity index (χ2v) is 7.68. The molecule has 0 bridgehead atoms. The van der Waals surface area contributed by atoms with Gasteiger partial charge >= 0.3 is 5.97 Å². The molecule has 0 saturated carbocycles. The lowest BCUT2D eigenvalue weighted by molar-refractivity contribution is 0.0697. The van der Waals surface area contributed by atoms with Gasteiger partial charge in [-0.05, 0) is 53.3 Å². The van der Waals surface area contributed by atoms with Gasteiger partial charge in [-0.2, -0.15) is 0 Å². The van der Waals surface area contributed by atoms with Crippen molar-refractivity contribution in [3.05, 3.63) is 75.4 Å². The van der Waals surface area contributed by atoms with Crippen LogP contribution in [0.5, 0.6) is 0 Å². The lowest BCUT2D eigenvalue weighted by atomic mass is 10.0. The molecule has 0 aliphatic rings. The van der Waals surface area contributed by atoms with Gasteiger partial charge in [-0.15, -0.1) is 11.3 Å². The zero-order valence-electron chi connectivity index (χ0n) is 14.7. The average molecular weight is 412 g/mol. The number of nitrogens with zero attached hydrogens (tertiary/aromatic N) is 1. The third kappa shape index (κ3) is 3.44. The molecule has 28 heavy (non-hydrogen) atoms. The molecule has 2 aromatic carbocycles. The molecular weight excluding hydrogens is 398 g/mol. The summed E-state index contributed by atoms with van der Waals surface area (Å²) in [5.74, 6) is -1.46. The number of carbonyl (C=O) groups is 2. The molecule has 4 rings (SSSR count). The van der Waals surface area contributed by atoms with Crippen molar-refractivity contribution in [1.29, 1.82) is 0 Å². The van der Waals surface area contributed by atoms with Gasteiger partial charge in [0, 0.05) is 16.3 Å². The normalized spacial score (nSPS) is 11.1. The summed E-state index contributed by atoms with van der Waals surface area (Å²) < 4.78 is 5.54. The van der Waals surface area contributed by atoms with Crippen LogP contribution in [0.4, 0.5) is 0 Å². The van der Waals surface area contributed by atoms with E-state index < -0.39 is 5.97 Å². The van der Waals surface area contributed by atoms with E-state index in [1.807, 2.05) is 19.1 Å². The van der Waals surface area contributed by atoms with Crippen molar-refractivity contribution < 1.29 is 19.1 Å². The molecule has 0 saturated heterocycles. The lowest BCUT2D eigenvalue weighted by Crippen LogP contribution is -2.08. The fourth-order valence-electron chi connectivity index (χ4n) is 2.98. The van der Waals surface area contributed by atoms with Crippen LogP contribution in [0, 0.1) is 6.92 Å². The van der Waals surface area contributed by atoms with Crippen molar-refractivity contribution in [1.82, 2.24) is 4.98 Å². The number of oxazole rings is 1. The second kappa shape index (κ2) is 7.22. The maximum Gasteiger partial charge on any atom is 0.337 e. The smallest absolute Gasteiger partial charge is 0.337 e. The Hall–Kier alpha value is -2.96. The summed E-state index contributed by atoms with van der Waals surface area (Å²) in [6.07, 6.45) is -0.0997. The number of halogens is 1. The Bertz CT molecular complexity index is 1210. The van der Waals surface area contributed by atoms with E-state index in [0.29, 0.717) is 26.6 Å². The largest absolute Gasteiger partial charge is 0.478 e. The maximum atomic E-state index is 12.7. The number of thiophene rings is 1. The van der Waals surface area contributed by atoms with Gasteiger partial charge < -0.3 is 9.52 Å². The van der Waals surface area contributed by atoms with Gasteiger partial charge in [-0.1, -0.05) is 29.8 Å². The lowest BCUT2D eigenvalue weighted by Gasteiger charge is -2.03. The molecule has 0 aliphatic heterocycles. The summed E-state index contributed by atoms with van der Waals surface area (Å²) in [6.45, 7) is 1.93. The standard InChI is InChI=1S/C21H14ClNO4S/c1-11-2-7-17-15(8-11)23-20(27-17)16(24)9-13-10-28-19(18(13)21(25)26)12-3-5-14(22)6-4-12/h2-8,10H,9H2,1H3,(H,25,26). The minimum absolute atomic E-state index is 0.0174. The van der Waals surface area contributed by atoms with Crippen molar-refractivity contribution >= 4 is 45.8 Å². The van der Waals surface area contributed by atoms with Gasteiger partial charge in [0.2, 0.25) is 5.78 Å². The highest BCUT2D eigenvalue weighted by Gasteiger charge is 2.23. The first-order chi connectivity index (χ1) is 13.4. The monoisotopic (exact) mass is 411 g/mol. The minimum atomic E-state index is -1.08. The van der Waals surface area contributed by atoms with Gasteiger partial charge in [0.1, 0.15) is 5.52 Å². The Balaban J connectivity index is 1.67. The number of benzene rings is 2. The Morgan fingerprint density at radius 2 is 1.93 bits per heavy atom. The number of aromatic nitrogens is 1. The summed E-state index contributed by atoms with van der Waals surface area (Å²) >= 11 is 7.19. The Kier molecular flexibility index (Phi) is 4.75. The van der Waals surface area contributed by atoms with Gasteiger partial charge in [0.25, 0.3) is 5.89 Å². The van der Waals surface area contributed by atoms with E-state index in [-0.39, 0.29) is 23.7 Å². The average Bonchev–Trinajstić information content (AvgIpc) is 3.26. The number of carboxylic acid groups (broad SMARTS) is 1. The van der Waals surface area contributed by atoms with Crippen LogP contribution in [0.15, 0.2) is 52.3 Å². The zero-order valence-corrected chi connectivity index (χ0v) is 16.3. The van der Waals surface area contributed by atoms with Crippen LogP contribution < -0.4 is 0 Å². The fraction of sp³-hybridized carbons (Fsp3) is 0.0952. The molecule has 0 radical (unpaired) electrons. The van der Waals surface area contributed by atoms with E-state index in [2.05, 4.69) is 4.98 Å². The van der Waals surface area contributed by atoms with Crippen LogP contribution in [0.2, 0.25) is 5.02 Å². The molecule has 1 N–H and O–H groups in total. The first-order valence-corrected chi connectivity index (χ1v) is 9.68. The molecule has 5 nitrogen and oxygen atoms in total. The number of rotatable bonds is 5. The number of ketones is 1. The molecule has 0 aliphatic carbocycles. The summed E-state index contributed by atoms with van der Waals surface area (Å²) in [4.78, 5) is 29.4. The summed E-state index contributed by atoms with van der Waals surface area (Å²) in [5, 5.41) is 12.0. The summed E-state index contributed by atoms with van der Waals surface area (Å²) in [5.41, 5.74) is 3.44. The Morgan fingerprint density at radius 3 is 2.64 bits per heavy atom. The van der Waals surface area contributed by atoms with Crippen LogP contribution in [-0.2, 0) is 6.42 Å². The molecular formula is C21H14ClNO4S. The number of carbonyl (C=O) groups excluding carboxylic acids is 1. The summed E-state index contributed by atoms with van der Waals surface area (Å²) in [7, 11) is 0. The predicted molar refractivity (Wildman–Crippen MR) is 109 cm³/mol. The van der Waals surface area contributed by atoms with E-state index >= 15 is 0 Å². The van der Waals surface area contributed by atoms with Gasteiger partial charge in [0.05, 0.1) is 5.56 Å². The molecule has 2 heterocycles. The van der Waals surface area contributed by atoms with Crippen molar-refractivity contribution in [2.75, 3.05) is 0 Å². The molecule has 0 amide bonds. The molecule has 2 aromatic heterocycles. The van der Waals surface area contributed by atoms with Gasteiger partial charge in [-0.3, -0.25) is 4.79 Å². The second-order valence-electron chi connectivity index (χ2n) is 6.37. The van der Waals surface area contributed by atoms with Crippen LogP contribution in [-0.4, -0.2) is 21.8 Å². The van der Waals surface area contributed by atoms with Crippen molar-refractivity contribution in [2.24, 2.45) is 0 Å². The third-order valence-electron chi connectivity index (χ3n) is 4.32. The van der Waals surface area contributed by atoms with Crippen LogP contribution in [0.25, 0.3) is 21.5 Å². The highest BCUT2D eigenvalue weighted by atomic mass is 35.5. The molecule has 0 fully saturated rings. The van der Waals surface area contributed by atoms with Crippen molar-refractivity contribution in [3.63, 3.8) is 0 Å². The van der Waals surface area contributed by atoms with E-state index in [4.69, 9.17) is 16.0 Å². The number of aromatic carboxylic acids is 1. The highest BCUT2D eigenvalue weighted by Crippen LogP contribution is 2.34. The molecule has 0 spiro atoms. The molecule has 0 unspecified atom stereocenters. The SMILES string of the molecule is Cc1ccc2oc(C(=O)Cc3csc(-c4ccc(Cl)cc4)c3C(=O)O)nc2c1. The van der Waals surface area contributed by atoms with Crippen LogP contribution in [0.1, 0.15) is 32.2 Å². The number of hydrogen-bond donors (Lipinski definition) is 1. The molecule has 140 valence electrons. The highest BCUT2D eigenvalue weighted by molar-refractivity contribution is 7.14. The first kappa shape index (κ1) is 18.4.